The minimum absolute atomic E-state index is 0.0419. The molecule has 7 nitrogen and oxygen atoms in total. The minimum atomic E-state index is -0.800. The van der Waals surface area contributed by atoms with Crippen molar-refractivity contribution in [2.45, 2.75) is 19.4 Å². The lowest BCUT2D eigenvalue weighted by molar-refractivity contribution is 0.292. The Morgan fingerprint density at radius 1 is 1.12 bits per heavy atom. The predicted molar refractivity (Wildman–Crippen MR) is 116 cm³/mol. The second-order valence-electron chi connectivity index (χ2n) is 7.69. The van der Waals surface area contributed by atoms with Gasteiger partial charge >= 0.3 is 0 Å². The molecule has 0 amide bonds. The highest BCUT2D eigenvalue weighted by atomic mass is 19.1. The van der Waals surface area contributed by atoms with E-state index >= 15 is 0 Å². The van der Waals surface area contributed by atoms with Crippen LogP contribution in [0.2, 0.25) is 0 Å². The fraction of sp³-hybridized carbons (Fsp3) is 0.217. The first-order valence-corrected chi connectivity index (χ1v) is 10.3. The number of rotatable bonds is 4. The first-order valence-electron chi connectivity index (χ1n) is 10.3. The third-order valence-electron chi connectivity index (χ3n) is 5.72. The van der Waals surface area contributed by atoms with E-state index in [1.54, 1.807) is 16.9 Å². The van der Waals surface area contributed by atoms with Crippen molar-refractivity contribution in [2.75, 3.05) is 18.9 Å². The van der Waals surface area contributed by atoms with Crippen molar-refractivity contribution in [2.24, 2.45) is 0 Å². The van der Waals surface area contributed by atoms with Gasteiger partial charge in [0.2, 0.25) is 0 Å². The van der Waals surface area contributed by atoms with Crippen LogP contribution in [-0.4, -0.2) is 27.3 Å². The quantitative estimate of drug-likeness (QED) is 0.479. The molecule has 0 saturated carbocycles. The van der Waals surface area contributed by atoms with Gasteiger partial charge in [0.1, 0.15) is 23.9 Å². The zero-order valence-electron chi connectivity index (χ0n) is 17.1. The molecule has 4 aromatic rings. The maximum atomic E-state index is 13.7. The summed E-state index contributed by atoms with van der Waals surface area (Å²) >= 11 is 0. The van der Waals surface area contributed by atoms with Gasteiger partial charge < -0.3 is 15.9 Å². The van der Waals surface area contributed by atoms with Crippen LogP contribution < -0.4 is 21.5 Å². The lowest BCUT2D eigenvalue weighted by atomic mass is 10.1. The van der Waals surface area contributed by atoms with Crippen molar-refractivity contribution in [3.63, 3.8) is 0 Å². The van der Waals surface area contributed by atoms with E-state index in [-0.39, 0.29) is 23.6 Å². The Kier molecular flexibility index (Phi) is 5.10. The smallest absolute Gasteiger partial charge is 0.258 e. The maximum absolute atomic E-state index is 13.7. The second-order valence-corrected chi connectivity index (χ2v) is 7.69. The standard InChI is InChI=1S/C23H21F2N5O2/c24-14-9-19(25)20(28-12-14)13-32-16-5-8-29(23(31)11-16)15-1-2-17-18-3-6-27-7-4-21(18)30(26)22(17)10-15/h1-2,5,8-12,27H,3-4,6-7,13,26H2. The largest absolute Gasteiger partial charge is 0.487 e. The van der Waals surface area contributed by atoms with Gasteiger partial charge in [-0.15, -0.1) is 0 Å². The van der Waals surface area contributed by atoms with Gasteiger partial charge in [-0.2, -0.15) is 0 Å². The minimum Gasteiger partial charge on any atom is -0.487 e. The number of nitrogen functional groups attached to an aromatic ring is 1. The summed E-state index contributed by atoms with van der Waals surface area (Å²) in [5.41, 5.74) is 3.56. The third kappa shape index (κ3) is 3.60. The summed E-state index contributed by atoms with van der Waals surface area (Å²) in [6, 6.07) is 9.45. The third-order valence-corrected chi connectivity index (χ3v) is 5.72. The van der Waals surface area contributed by atoms with Crippen LogP contribution in [0.15, 0.2) is 53.6 Å². The predicted octanol–water partition coefficient (Wildman–Crippen LogP) is 2.45. The number of nitrogens with zero attached hydrogens (tertiary/aromatic N) is 3. The van der Waals surface area contributed by atoms with E-state index in [1.807, 2.05) is 18.2 Å². The molecule has 5 rings (SSSR count). The zero-order valence-corrected chi connectivity index (χ0v) is 17.1. The summed E-state index contributed by atoms with van der Waals surface area (Å²) in [5, 5.41) is 4.48. The van der Waals surface area contributed by atoms with E-state index in [4.69, 9.17) is 10.6 Å². The molecule has 0 atom stereocenters. The van der Waals surface area contributed by atoms with Gasteiger partial charge in [-0.25, -0.2) is 8.78 Å². The zero-order chi connectivity index (χ0) is 22.2. The number of hydrogen-bond donors (Lipinski definition) is 2. The molecular formula is C23H21F2N5O2. The molecule has 0 saturated heterocycles. The molecule has 164 valence electrons. The van der Waals surface area contributed by atoms with Gasteiger partial charge in [-0.3, -0.25) is 19.0 Å². The molecule has 4 heterocycles. The fourth-order valence-electron chi connectivity index (χ4n) is 4.13. The van der Waals surface area contributed by atoms with Gasteiger partial charge in [-0.1, -0.05) is 6.07 Å². The number of fused-ring (bicyclic) bond motifs is 3. The Morgan fingerprint density at radius 2 is 1.97 bits per heavy atom. The van der Waals surface area contributed by atoms with Gasteiger partial charge in [0.15, 0.2) is 5.82 Å². The average Bonchev–Trinajstić information content (AvgIpc) is 2.93. The van der Waals surface area contributed by atoms with Crippen LogP contribution >= 0.6 is 0 Å². The highest BCUT2D eigenvalue weighted by molar-refractivity contribution is 5.87. The summed E-state index contributed by atoms with van der Waals surface area (Å²) in [6.45, 7) is 1.57. The molecule has 1 aromatic carbocycles. The van der Waals surface area contributed by atoms with Crippen LogP contribution in [0, 0.1) is 11.6 Å². The molecule has 0 spiro atoms. The van der Waals surface area contributed by atoms with Crippen molar-refractivity contribution in [1.82, 2.24) is 19.5 Å². The topological polar surface area (TPSA) is 87.1 Å². The Balaban J connectivity index is 1.42. The number of nitrogens with one attached hydrogen (secondary N) is 1. The van der Waals surface area contributed by atoms with E-state index in [2.05, 4.69) is 10.3 Å². The Hall–Kier alpha value is -3.72. The summed E-state index contributed by atoms with van der Waals surface area (Å²) in [5.74, 6) is 5.08. The van der Waals surface area contributed by atoms with Gasteiger partial charge in [0, 0.05) is 42.4 Å². The Bertz CT molecular complexity index is 1380. The van der Waals surface area contributed by atoms with E-state index in [9.17, 15) is 13.6 Å². The number of nitrogens with two attached hydrogens (primary N) is 1. The molecule has 9 heteroatoms. The van der Waals surface area contributed by atoms with Crippen molar-refractivity contribution in [3.05, 3.63) is 87.7 Å². The molecule has 0 unspecified atom stereocenters. The number of pyridine rings is 2. The summed E-state index contributed by atoms with van der Waals surface area (Å²) < 4.78 is 35.4. The van der Waals surface area contributed by atoms with E-state index in [0.29, 0.717) is 5.69 Å². The van der Waals surface area contributed by atoms with Crippen LogP contribution in [0.25, 0.3) is 16.6 Å². The molecule has 0 fully saturated rings. The molecular weight excluding hydrogens is 416 g/mol. The van der Waals surface area contributed by atoms with E-state index in [1.165, 1.54) is 16.2 Å². The lowest BCUT2D eigenvalue weighted by Crippen LogP contribution is -2.19. The van der Waals surface area contributed by atoms with Gasteiger partial charge in [0.05, 0.1) is 17.4 Å². The number of ether oxygens (including phenoxy) is 1. The lowest BCUT2D eigenvalue weighted by Gasteiger charge is -2.10. The van der Waals surface area contributed by atoms with Crippen LogP contribution in [0.4, 0.5) is 8.78 Å². The first kappa shape index (κ1) is 20.2. The van der Waals surface area contributed by atoms with Crippen LogP contribution in [-0.2, 0) is 19.4 Å². The maximum Gasteiger partial charge on any atom is 0.258 e. The first-order chi connectivity index (χ1) is 15.5. The molecule has 0 bridgehead atoms. The summed E-state index contributed by atoms with van der Waals surface area (Å²) in [4.78, 5) is 16.4. The van der Waals surface area contributed by atoms with Gasteiger partial charge in [0.25, 0.3) is 5.56 Å². The average molecular weight is 437 g/mol. The Labute approximate surface area is 182 Å². The molecule has 0 radical (unpaired) electrons. The summed E-state index contributed by atoms with van der Waals surface area (Å²) in [7, 11) is 0. The van der Waals surface area contributed by atoms with Crippen LogP contribution in [0.5, 0.6) is 5.75 Å². The molecule has 1 aliphatic rings. The number of hydrogen-bond acceptors (Lipinski definition) is 5. The van der Waals surface area contributed by atoms with Crippen molar-refractivity contribution >= 4 is 10.9 Å². The molecule has 0 aliphatic carbocycles. The normalized spacial score (nSPS) is 13.7. The number of halogens is 2. The van der Waals surface area contributed by atoms with Crippen molar-refractivity contribution in [1.29, 1.82) is 0 Å². The number of aromatic nitrogens is 3. The van der Waals surface area contributed by atoms with E-state index < -0.39 is 11.6 Å². The van der Waals surface area contributed by atoms with Crippen LogP contribution in [0.3, 0.4) is 0 Å². The molecule has 32 heavy (non-hydrogen) atoms. The monoisotopic (exact) mass is 437 g/mol. The molecule has 3 N–H and O–H groups in total. The highest BCUT2D eigenvalue weighted by Crippen LogP contribution is 2.28. The van der Waals surface area contributed by atoms with E-state index in [0.717, 1.165) is 54.8 Å². The molecule has 3 aromatic heterocycles. The van der Waals surface area contributed by atoms with Crippen LogP contribution in [0.1, 0.15) is 17.0 Å². The number of benzene rings is 1. The fourth-order valence-corrected chi connectivity index (χ4v) is 4.13. The van der Waals surface area contributed by atoms with Crippen molar-refractivity contribution in [3.8, 4) is 11.4 Å². The highest BCUT2D eigenvalue weighted by Gasteiger charge is 2.18. The second kappa shape index (κ2) is 8.08. The summed E-state index contributed by atoms with van der Waals surface area (Å²) in [6.07, 6.45) is 4.27. The van der Waals surface area contributed by atoms with Gasteiger partial charge in [-0.05, 0) is 36.7 Å². The Morgan fingerprint density at radius 3 is 2.78 bits per heavy atom. The van der Waals surface area contributed by atoms with Crippen molar-refractivity contribution < 1.29 is 13.5 Å². The molecule has 1 aliphatic heterocycles. The SMILES string of the molecule is Nn1c2c(c3ccc(-n4ccc(OCc5ncc(F)cc5F)cc4=O)cc31)CCNCC2.